The van der Waals surface area contributed by atoms with Crippen LogP contribution < -0.4 is 9.80 Å². The lowest BCUT2D eigenvalue weighted by Gasteiger charge is -2.28. The summed E-state index contributed by atoms with van der Waals surface area (Å²) >= 11 is 3.65. The van der Waals surface area contributed by atoms with Gasteiger partial charge < -0.3 is 9.80 Å². The van der Waals surface area contributed by atoms with Gasteiger partial charge in [0.05, 0.1) is 35.6 Å². The summed E-state index contributed by atoms with van der Waals surface area (Å²) in [4.78, 5) is 9.25. The minimum Gasteiger partial charge on any atom is -0.326 e. The molecule has 2 aromatic carbocycles. The number of aliphatic imine (C=N–C) groups is 1. The number of benzene rings is 2. The number of hydrogen-bond donors (Lipinski definition) is 0. The molecule has 122 valence electrons. The van der Waals surface area contributed by atoms with Crippen molar-refractivity contribution in [3.8, 4) is 0 Å². The Balaban J connectivity index is 1.70. The van der Waals surface area contributed by atoms with Crippen LogP contribution in [0.5, 0.6) is 0 Å². The van der Waals surface area contributed by atoms with Gasteiger partial charge in [-0.1, -0.05) is 39.0 Å². The third-order valence-corrected chi connectivity index (χ3v) is 5.19. The molecule has 0 aromatic heterocycles. The van der Waals surface area contributed by atoms with Crippen molar-refractivity contribution in [1.82, 2.24) is 0 Å². The number of allylic oxidation sites excluding steroid dienone is 1. The predicted molar refractivity (Wildman–Crippen MR) is 105 cm³/mol. The van der Waals surface area contributed by atoms with Crippen LogP contribution in [0, 0.1) is 0 Å². The van der Waals surface area contributed by atoms with Crippen molar-refractivity contribution in [3.63, 3.8) is 0 Å². The van der Waals surface area contributed by atoms with E-state index in [1.54, 1.807) is 0 Å². The van der Waals surface area contributed by atoms with E-state index in [0.29, 0.717) is 0 Å². The molecule has 2 aliphatic heterocycles. The summed E-state index contributed by atoms with van der Waals surface area (Å²) in [5, 5.41) is 0. The van der Waals surface area contributed by atoms with Crippen molar-refractivity contribution in [2.45, 2.75) is 26.2 Å². The van der Waals surface area contributed by atoms with E-state index in [1.807, 2.05) is 12.3 Å². The molecule has 2 aliphatic rings. The zero-order valence-electron chi connectivity index (χ0n) is 14.1. The highest BCUT2D eigenvalue weighted by Gasteiger charge is 2.28. The van der Waals surface area contributed by atoms with Gasteiger partial charge in [-0.2, -0.15) is 0 Å². The van der Waals surface area contributed by atoms with Gasteiger partial charge in [0.15, 0.2) is 0 Å². The second kappa shape index (κ2) is 5.49. The lowest BCUT2D eigenvalue weighted by atomic mass is 9.86. The molecule has 24 heavy (non-hydrogen) atoms. The summed E-state index contributed by atoms with van der Waals surface area (Å²) in [6.07, 6.45) is 4.12. The zero-order chi connectivity index (χ0) is 16.9. The lowest BCUT2D eigenvalue weighted by Crippen LogP contribution is -2.28. The molecule has 0 saturated heterocycles. The number of para-hydroxylation sites is 1. The molecule has 0 saturated carbocycles. The normalized spacial score (nSPS) is 16.1. The molecule has 0 radical (unpaired) electrons. The van der Waals surface area contributed by atoms with E-state index in [4.69, 9.17) is 0 Å². The van der Waals surface area contributed by atoms with Crippen molar-refractivity contribution in [3.05, 3.63) is 64.4 Å². The van der Waals surface area contributed by atoms with E-state index in [1.165, 1.54) is 16.9 Å². The minimum absolute atomic E-state index is 0.132. The monoisotopic (exact) mass is 381 g/mol. The largest absolute Gasteiger partial charge is 0.326 e. The summed E-state index contributed by atoms with van der Waals surface area (Å²) in [5.74, 6) is 0. The first kappa shape index (κ1) is 15.5. The quantitative estimate of drug-likeness (QED) is 0.641. The molecule has 0 amide bonds. The van der Waals surface area contributed by atoms with Crippen molar-refractivity contribution < 1.29 is 0 Å². The van der Waals surface area contributed by atoms with Crippen LogP contribution in [0.15, 0.2) is 63.8 Å². The molecule has 4 rings (SSSR count). The molecule has 0 N–H and O–H groups in total. The number of fused-ring (bicyclic) bond motifs is 3. The maximum Gasteiger partial charge on any atom is 0.0997 e. The summed E-state index contributed by atoms with van der Waals surface area (Å²) in [6.45, 7) is 7.50. The van der Waals surface area contributed by atoms with Crippen LogP contribution in [-0.2, 0) is 5.41 Å². The molecule has 0 atom stereocenters. The fraction of sp³-hybridized carbons (Fsp3) is 0.250. The van der Waals surface area contributed by atoms with Gasteiger partial charge in [-0.25, -0.2) is 0 Å². The summed E-state index contributed by atoms with van der Waals surface area (Å²) < 4.78 is 1.10. The van der Waals surface area contributed by atoms with Gasteiger partial charge in [0.1, 0.15) is 0 Å². The van der Waals surface area contributed by atoms with E-state index < -0.39 is 0 Å². The highest BCUT2D eigenvalue weighted by Crippen LogP contribution is 2.41. The molecular formula is C20H20BrN3. The van der Waals surface area contributed by atoms with E-state index in [9.17, 15) is 0 Å². The van der Waals surface area contributed by atoms with Crippen LogP contribution in [0.1, 0.15) is 26.3 Å². The first-order valence-electron chi connectivity index (χ1n) is 8.12. The standard InChI is InChI=1S/C20H20BrN3/c1-20(2,3)14-8-9-19-17(10-14)22-11-15-12-23(13-24(15)19)18-7-5-4-6-16(18)21/h4-12H,13H2,1-3H3. The van der Waals surface area contributed by atoms with Crippen molar-refractivity contribution in [1.29, 1.82) is 0 Å². The Morgan fingerprint density at radius 1 is 1.04 bits per heavy atom. The van der Waals surface area contributed by atoms with Crippen molar-refractivity contribution in [2.75, 3.05) is 16.5 Å². The molecular weight excluding hydrogens is 362 g/mol. The molecule has 3 nitrogen and oxygen atoms in total. The third-order valence-electron chi connectivity index (χ3n) is 4.52. The summed E-state index contributed by atoms with van der Waals surface area (Å²) in [5.41, 5.74) is 5.96. The van der Waals surface area contributed by atoms with Gasteiger partial charge in [-0.3, -0.25) is 4.99 Å². The Morgan fingerprint density at radius 3 is 2.58 bits per heavy atom. The first-order valence-corrected chi connectivity index (χ1v) is 8.92. The van der Waals surface area contributed by atoms with Crippen LogP contribution in [0.3, 0.4) is 0 Å². The SMILES string of the molecule is CC(C)(C)c1ccc2c(c1)N=CC1=CN(c3ccccc3Br)CN12. The van der Waals surface area contributed by atoms with E-state index >= 15 is 0 Å². The lowest BCUT2D eigenvalue weighted by molar-refractivity contribution is 0.590. The molecule has 4 heteroatoms. The first-order chi connectivity index (χ1) is 11.4. The summed E-state index contributed by atoms with van der Waals surface area (Å²) in [6, 6.07) is 14.9. The summed E-state index contributed by atoms with van der Waals surface area (Å²) in [7, 11) is 0. The molecule has 0 aliphatic carbocycles. The Labute approximate surface area is 151 Å². The van der Waals surface area contributed by atoms with Crippen LogP contribution >= 0.6 is 15.9 Å². The van der Waals surface area contributed by atoms with Gasteiger partial charge in [0.25, 0.3) is 0 Å². The molecule has 0 unspecified atom stereocenters. The molecule has 0 fully saturated rings. The molecule has 2 heterocycles. The van der Waals surface area contributed by atoms with Gasteiger partial charge in [-0.15, -0.1) is 0 Å². The second-order valence-corrected chi connectivity index (χ2v) is 8.11. The third kappa shape index (κ3) is 2.55. The Morgan fingerprint density at radius 2 is 1.83 bits per heavy atom. The van der Waals surface area contributed by atoms with Crippen molar-refractivity contribution in [2.24, 2.45) is 4.99 Å². The van der Waals surface area contributed by atoms with Crippen LogP contribution in [0.25, 0.3) is 0 Å². The van der Waals surface area contributed by atoms with Crippen LogP contribution in [0.4, 0.5) is 17.1 Å². The fourth-order valence-electron chi connectivity index (χ4n) is 3.11. The van der Waals surface area contributed by atoms with Gasteiger partial charge >= 0.3 is 0 Å². The number of nitrogens with zero attached hydrogens (tertiary/aromatic N) is 3. The van der Waals surface area contributed by atoms with E-state index in [2.05, 4.69) is 94.1 Å². The predicted octanol–water partition coefficient (Wildman–Crippen LogP) is 5.59. The van der Waals surface area contributed by atoms with E-state index in [-0.39, 0.29) is 5.41 Å². The van der Waals surface area contributed by atoms with Crippen LogP contribution in [0.2, 0.25) is 0 Å². The average Bonchev–Trinajstić information content (AvgIpc) is 2.98. The van der Waals surface area contributed by atoms with Crippen molar-refractivity contribution >= 4 is 39.2 Å². The Kier molecular flexibility index (Phi) is 3.53. The van der Waals surface area contributed by atoms with Gasteiger partial charge in [0.2, 0.25) is 0 Å². The number of anilines is 2. The molecule has 0 bridgehead atoms. The molecule has 2 aromatic rings. The van der Waals surface area contributed by atoms with Gasteiger partial charge in [-0.05, 0) is 51.2 Å². The zero-order valence-corrected chi connectivity index (χ0v) is 15.7. The Hall–Kier alpha value is -2.07. The average molecular weight is 382 g/mol. The number of hydrogen-bond acceptors (Lipinski definition) is 3. The maximum absolute atomic E-state index is 4.69. The van der Waals surface area contributed by atoms with Gasteiger partial charge in [0, 0.05) is 10.7 Å². The minimum atomic E-state index is 0.132. The molecule has 0 spiro atoms. The highest BCUT2D eigenvalue weighted by atomic mass is 79.9. The topological polar surface area (TPSA) is 18.8 Å². The van der Waals surface area contributed by atoms with E-state index in [0.717, 1.165) is 22.5 Å². The Bertz CT molecular complexity index is 861. The highest BCUT2D eigenvalue weighted by molar-refractivity contribution is 9.10. The second-order valence-electron chi connectivity index (χ2n) is 7.26. The van der Waals surface area contributed by atoms with Crippen LogP contribution in [-0.4, -0.2) is 12.9 Å². The number of halogens is 1. The smallest absolute Gasteiger partial charge is 0.0997 e. The maximum atomic E-state index is 4.69. The fourth-order valence-corrected chi connectivity index (χ4v) is 3.62. The number of rotatable bonds is 1.